The quantitative estimate of drug-likeness (QED) is 0.756. The van der Waals surface area contributed by atoms with Crippen molar-refractivity contribution in [1.29, 1.82) is 0 Å². The zero-order valence-corrected chi connectivity index (χ0v) is 12.3. The van der Waals surface area contributed by atoms with Crippen LogP contribution in [0.3, 0.4) is 0 Å². The monoisotopic (exact) mass is 295 g/mol. The van der Waals surface area contributed by atoms with Crippen molar-refractivity contribution in [3.8, 4) is 5.88 Å². The summed E-state index contributed by atoms with van der Waals surface area (Å²) in [6.45, 7) is 1.12. The normalized spacial score (nSPS) is 10.4. The molecule has 2 aromatic heterocycles. The van der Waals surface area contributed by atoms with E-state index in [1.54, 1.807) is 17.1 Å². The van der Waals surface area contributed by atoms with Gasteiger partial charge in [-0.2, -0.15) is 10.1 Å². The van der Waals surface area contributed by atoms with Gasteiger partial charge in [0.1, 0.15) is 12.4 Å². The lowest BCUT2D eigenvalue weighted by molar-refractivity contribution is 0.293. The molecule has 0 saturated carbocycles. The van der Waals surface area contributed by atoms with Crippen LogP contribution in [-0.2, 0) is 20.2 Å². The van der Waals surface area contributed by atoms with Crippen LogP contribution in [-0.4, -0.2) is 19.7 Å². The second-order valence-electron chi connectivity index (χ2n) is 4.89. The molecule has 22 heavy (non-hydrogen) atoms. The summed E-state index contributed by atoms with van der Waals surface area (Å²) in [6.07, 6.45) is 7.05. The highest BCUT2D eigenvalue weighted by Crippen LogP contribution is 2.12. The number of hydrogen-bond donors (Lipinski definition) is 1. The Morgan fingerprint density at radius 3 is 2.73 bits per heavy atom. The van der Waals surface area contributed by atoms with Crippen LogP contribution in [0.4, 0.5) is 5.82 Å². The van der Waals surface area contributed by atoms with Crippen molar-refractivity contribution in [1.82, 2.24) is 19.7 Å². The average Bonchev–Trinajstić information content (AvgIpc) is 2.98. The molecule has 0 saturated heterocycles. The van der Waals surface area contributed by atoms with Gasteiger partial charge in [-0.25, -0.2) is 0 Å². The maximum absolute atomic E-state index is 5.66. The Labute approximate surface area is 128 Å². The molecular formula is C16H17N5O. The van der Waals surface area contributed by atoms with Gasteiger partial charge in [-0.3, -0.25) is 9.67 Å². The van der Waals surface area contributed by atoms with E-state index in [-0.39, 0.29) is 0 Å². The molecule has 0 unspecified atom stereocenters. The molecule has 1 N–H and O–H groups in total. The van der Waals surface area contributed by atoms with Gasteiger partial charge < -0.3 is 10.1 Å². The van der Waals surface area contributed by atoms with E-state index in [0.29, 0.717) is 24.8 Å². The highest BCUT2D eigenvalue weighted by atomic mass is 16.5. The first-order chi connectivity index (χ1) is 10.8. The van der Waals surface area contributed by atoms with E-state index in [1.165, 1.54) is 0 Å². The smallest absolute Gasteiger partial charge is 0.234 e. The van der Waals surface area contributed by atoms with Crippen LogP contribution in [0, 0.1) is 0 Å². The highest BCUT2D eigenvalue weighted by molar-refractivity contribution is 5.34. The first kappa shape index (κ1) is 14.1. The van der Waals surface area contributed by atoms with Crippen molar-refractivity contribution < 1.29 is 4.74 Å². The minimum absolute atomic E-state index is 0.474. The Balaban J connectivity index is 1.57. The summed E-state index contributed by atoms with van der Waals surface area (Å²) in [7, 11) is 1.89. The van der Waals surface area contributed by atoms with Gasteiger partial charge in [0, 0.05) is 25.4 Å². The molecular weight excluding hydrogens is 278 g/mol. The summed E-state index contributed by atoms with van der Waals surface area (Å²) < 4.78 is 7.42. The molecule has 6 nitrogen and oxygen atoms in total. The molecule has 0 atom stereocenters. The van der Waals surface area contributed by atoms with Crippen LogP contribution < -0.4 is 10.1 Å². The average molecular weight is 295 g/mol. The molecule has 0 aliphatic heterocycles. The van der Waals surface area contributed by atoms with Gasteiger partial charge in [0.15, 0.2) is 0 Å². The number of aromatic nitrogens is 4. The summed E-state index contributed by atoms with van der Waals surface area (Å²) in [5.41, 5.74) is 2.18. The van der Waals surface area contributed by atoms with E-state index in [1.807, 2.05) is 49.8 Å². The molecule has 2 heterocycles. The van der Waals surface area contributed by atoms with Crippen molar-refractivity contribution in [2.24, 2.45) is 7.05 Å². The predicted molar refractivity (Wildman–Crippen MR) is 83.3 cm³/mol. The lowest BCUT2D eigenvalue weighted by Crippen LogP contribution is -2.03. The summed E-state index contributed by atoms with van der Waals surface area (Å²) in [6, 6.07) is 9.97. The van der Waals surface area contributed by atoms with Crippen LogP contribution in [0.2, 0.25) is 0 Å². The molecule has 0 aliphatic rings. The molecule has 0 radical (unpaired) electrons. The van der Waals surface area contributed by atoms with Crippen molar-refractivity contribution in [2.75, 3.05) is 5.32 Å². The third kappa shape index (κ3) is 3.82. The Morgan fingerprint density at radius 1 is 1.09 bits per heavy atom. The van der Waals surface area contributed by atoms with E-state index in [4.69, 9.17) is 4.74 Å². The van der Waals surface area contributed by atoms with Crippen LogP contribution in [0.25, 0.3) is 0 Å². The minimum Gasteiger partial charge on any atom is -0.472 e. The minimum atomic E-state index is 0.474. The Hall–Kier alpha value is -2.89. The third-order valence-corrected chi connectivity index (χ3v) is 3.07. The number of nitrogens with one attached hydrogen (secondary N) is 1. The maximum Gasteiger partial charge on any atom is 0.234 e. The van der Waals surface area contributed by atoms with Crippen molar-refractivity contribution in [3.63, 3.8) is 0 Å². The van der Waals surface area contributed by atoms with Gasteiger partial charge in [-0.15, -0.1) is 0 Å². The molecule has 3 rings (SSSR count). The first-order valence-electron chi connectivity index (χ1n) is 7.00. The number of aryl methyl sites for hydroxylation is 1. The van der Waals surface area contributed by atoms with Crippen molar-refractivity contribution >= 4 is 5.82 Å². The molecule has 112 valence electrons. The van der Waals surface area contributed by atoms with Gasteiger partial charge in [0.05, 0.1) is 18.6 Å². The fraction of sp³-hybridized carbons (Fsp3) is 0.188. The number of ether oxygens (including phenoxy) is 1. The Morgan fingerprint density at radius 2 is 1.95 bits per heavy atom. The SMILES string of the molecule is Cn1cc(CNc2cncc(OCc3ccccc3)n2)cn1. The third-order valence-electron chi connectivity index (χ3n) is 3.07. The Bertz CT molecular complexity index is 726. The molecule has 6 heteroatoms. The molecule has 0 amide bonds. The lowest BCUT2D eigenvalue weighted by atomic mass is 10.2. The fourth-order valence-electron chi connectivity index (χ4n) is 1.99. The van der Waals surface area contributed by atoms with Crippen molar-refractivity contribution in [3.05, 3.63) is 66.2 Å². The second-order valence-corrected chi connectivity index (χ2v) is 4.89. The molecule has 0 bridgehead atoms. The molecule has 3 aromatic rings. The number of nitrogens with zero attached hydrogens (tertiary/aromatic N) is 4. The summed E-state index contributed by atoms with van der Waals surface area (Å²) in [5.74, 6) is 1.18. The molecule has 0 aliphatic carbocycles. The maximum atomic E-state index is 5.66. The fourth-order valence-corrected chi connectivity index (χ4v) is 1.99. The van der Waals surface area contributed by atoms with Gasteiger partial charge in [-0.05, 0) is 5.56 Å². The zero-order chi connectivity index (χ0) is 15.2. The van der Waals surface area contributed by atoms with E-state index in [2.05, 4.69) is 20.4 Å². The van der Waals surface area contributed by atoms with E-state index in [0.717, 1.165) is 11.1 Å². The van der Waals surface area contributed by atoms with Crippen molar-refractivity contribution in [2.45, 2.75) is 13.2 Å². The summed E-state index contributed by atoms with van der Waals surface area (Å²) in [5, 5.41) is 7.33. The van der Waals surface area contributed by atoms with Crippen LogP contribution in [0.1, 0.15) is 11.1 Å². The van der Waals surface area contributed by atoms with E-state index in [9.17, 15) is 0 Å². The van der Waals surface area contributed by atoms with Gasteiger partial charge in [0.2, 0.25) is 5.88 Å². The van der Waals surface area contributed by atoms with E-state index < -0.39 is 0 Å². The number of benzene rings is 1. The van der Waals surface area contributed by atoms with Gasteiger partial charge in [0.25, 0.3) is 0 Å². The topological polar surface area (TPSA) is 64.9 Å². The Kier molecular flexibility index (Phi) is 4.29. The number of hydrogen-bond acceptors (Lipinski definition) is 5. The second kappa shape index (κ2) is 6.71. The molecule has 0 spiro atoms. The largest absolute Gasteiger partial charge is 0.472 e. The van der Waals surface area contributed by atoms with E-state index >= 15 is 0 Å². The van der Waals surface area contributed by atoms with Gasteiger partial charge >= 0.3 is 0 Å². The number of anilines is 1. The van der Waals surface area contributed by atoms with Crippen LogP contribution >= 0.6 is 0 Å². The van der Waals surface area contributed by atoms with Crippen LogP contribution in [0.15, 0.2) is 55.1 Å². The summed E-state index contributed by atoms with van der Waals surface area (Å²) >= 11 is 0. The van der Waals surface area contributed by atoms with Crippen LogP contribution in [0.5, 0.6) is 5.88 Å². The lowest BCUT2D eigenvalue weighted by Gasteiger charge is -2.07. The zero-order valence-electron chi connectivity index (χ0n) is 12.3. The predicted octanol–water partition coefficient (Wildman–Crippen LogP) is 2.40. The summed E-state index contributed by atoms with van der Waals surface area (Å²) in [4.78, 5) is 8.53. The first-order valence-corrected chi connectivity index (χ1v) is 7.00. The molecule has 1 aromatic carbocycles. The highest BCUT2D eigenvalue weighted by Gasteiger charge is 2.02. The standard InChI is InChI=1S/C16H17N5O/c1-21-11-14(8-19-21)7-18-15-9-17-10-16(20-15)22-12-13-5-3-2-4-6-13/h2-6,8-11H,7,12H2,1H3,(H,18,20). The van der Waals surface area contributed by atoms with Gasteiger partial charge in [-0.1, -0.05) is 30.3 Å². The molecule has 0 fully saturated rings. The number of rotatable bonds is 6.